The molecule has 0 aromatic heterocycles. The van der Waals surface area contributed by atoms with Crippen molar-refractivity contribution in [2.45, 2.75) is 115 Å². The highest BCUT2D eigenvalue weighted by atomic mass is 32.2. The van der Waals surface area contributed by atoms with Crippen molar-refractivity contribution in [2.75, 3.05) is 26.3 Å². The summed E-state index contributed by atoms with van der Waals surface area (Å²) in [7, 11) is -4.14. The van der Waals surface area contributed by atoms with Crippen molar-refractivity contribution in [3.8, 4) is 0 Å². The molecule has 0 radical (unpaired) electrons. The van der Waals surface area contributed by atoms with Gasteiger partial charge in [-0.15, -0.1) is 0 Å². The predicted octanol–water partition coefficient (Wildman–Crippen LogP) is 1.42. The smallest absolute Gasteiger partial charge is 0.338 e. The van der Waals surface area contributed by atoms with E-state index in [9.17, 15) is 33.0 Å². The second-order valence-electron chi connectivity index (χ2n) is 13.3. The number of hydrogen-bond acceptors (Lipinski definition) is 9. The lowest BCUT2D eigenvalue weighted by Gasteiger charge is -2.33. The normalized spacial score (nSPS) is 19.8. The molecular formula is C33H54N4O9S. The molecule has 2 fully saturated rings. The Morgan fingerprint density at radius 3 is 2.19 bits per heavy atom. The van der Waals surface area contributed by atoms with E-state index in [1.165, 1.54) is 4.31 Å². The minimum atomic E-state index is -4.14. The molecule has 2 aliphatic rings. The van der Waals surface area contributed by atoms with Gasteiger partial charge in [0.25, 0.3) is 16.1 Å². The van der Waals surface area contributed by atoms with E-state index in [1.54, 1.807) is 44.2 Å². The zero-order valence-electron chi connectivity index (χ0n) is 28.1. The summed E-state index contributed by atoms with van der Waals surface area (Å²) in [6.45, 7) is 7.65. The molecule has 1 heterocycles. The molecule has 0 bridgehead atoms. The minimum Gasteiger partial charge on any atom is -0.461 e. The lowest BCUT2D eigenvalue weighted by molar-refractivity contribution is -0.155. The maximum atomic E-state index is 13.8. The first-order valence-electron chi connectivity index (χ1n) is 16.8. The Labute approximate surface area is 279 Å². The Morgan fingerprint density at radius 1 is 0.957 bits per heavy atom. The van der Waals surface area contributed by atoms with Crippen LogP contribution in [-0.4, -0.2) is 103 Å². The second kappa shape index (κ2) is 18.8. The summed E-state index contributed by atoms with van der Waals surface area (Å²) >= 11 is 0. The van der Waals surface area contributed by atoms with Gasteiger partial charge in [-0.25, -0.2) is 4.79 Å². The number of benzene rings is 1. The fourth-order valence-corrected chi connectivity index (χ4v) is 7.40. The van der Waals surface area contributed by atoms with E-state index in [2.05, 4.69) is 15.4 Å². The minimum absolute atomic E-state index is 0.0613. The first-order chi connectivity index (χ1) is 22.3. The Morgan fingerprint density at radius 2 is 1.60 bits per heavy atom. The van der Waals surface area contributed by atoms with Crippen molar-refractivity contribution in [1.82, 2.24) is 19.7 Å². The van der Waals surface area contributed by atoms with Crippen LogP contribution in [0.4, 0.5) is 0 Å². The third kappa shape index (κ3) is 12.7. The van der Waals surface area contributed by atoms with E-state index in [1.807, 2.05) is 13.8 Å². The topological polar surface area (TPSA) is 184 Å². The number of esters is 1. The number of nitrogens with zero attached hydrogens (tertiary/aromatic N) is 1. The number of morpholine rings is 1. The van der Waals surface area contributed by atoms with Gasteiger partial charge in [-0.2, -0.15) is 17.4 Å². The van der Waals surface area contributed by atoms with Crippen LogP contribution in [0.5, 0.6) is 0 Å². The first-order valence-corrected chi connectivity index (χ1v) is 18.3. The summed E-state index contributed by atoms with van der Waals surface area (Å²) in [5, 5.41) is 27.2. The summed E-state index contributed by atoms with van der Waals surface area (Å²) in [5.41, 5.74) is 0.651. The van der Waals surface area contributed by atoms with E-state index >= 15 is 0 Å². The molecule has 3 rings (SSSR count). The summed E-state index contributed by atoms with van der Waals surface area (Å²) in [6.07, 6.45) is 2.57. The lowest BCUT2D eigenvalue weighted by atomic mass is 9.82. The van der Waals surface area contributed by atoms with Crippen LogP contribution < -0.4 is 15.4 Å². The maximum absolute atomic E-state index is 13.8. The van der Waals surface area contributed by atoms with Crippen LogP contribution in [-0.2, 0) is 40.5 Å². The van der Waals surface area contributed by atoms with E-state index in [-0.39, 0.29) is 44.6 Å². The number of ether oxygens (including phenoxy) is 2. The molecule has 1 saturated heterocycles. The van der Waals surface area contributed by atoms with Crippen LogP contribution in [0.25, 0.3) is 0 Å². The van der Waals surface area contributed by atoms with Gasteiger partial charge in [0.05, 0.1) is 31.5 Å². The number of rotatable bonds is 17. The zero-order valence-corrected chi connectivity index (χ0v) is 28.9. The third-order valence-corrected chi connectivity index (χ3v) is 10.1. The Balaban J connectivity index is 1.87. The van der Waals surface area contributed by atoms with Gasteiger partial charge in [-0.3, -0.25) is 9.59 Å². The molecule has 266 valence electrons. The standard InChI is InChI=1S/C33H54N4O9S/c1-22(2)19-28(38)30(39)26(20-24-11-7-5-8-12-24)34-32(41)29(33(42)46-23(3)4)35-31(40)27(21-25-13-9-6-10-14-25)36-47(43,44)37-15-17-45-18-16-37/h6,9-10,13-14,22-24,26-30,36,38-39H,5,7-8,11-12,15-21H2,1-4H3,(H,34,41)(H,35,40)/t26-,27-,28+,29?,30+/m0/s1. The highest BCUT2D eigenvalue weighted by molar-refractivity contribution is 7.87. The van der Waals surface area contributed by atoms with E-state index in [0.717, 1.165) is 32.1 Å². The summed E-state index contributed by atoms with van der Waals surface area (Å²) in [4.78, 5) is 41.0. The average Bonchev–Trinajstić information content (AvgIpc) is 3.03. The van der Waals surface area contributed by atoms with Gasteiger partial charge < -0.3 is 30.3 Å². The van der Waals surface area contributed by atoms with Crippen LogP contribution >= 0.6 is 0 Å². The highest BCUT2D eigenvalue weighted by Crippen LogP contribution is 2.29. The molecule has 13 nitrogen and oxygen atoms in total. The SMILES string of the molecule is CC(C)C[C@@H](O)[C@H](O)[C@H](CC1CCCCC1)NC(=O)C(NC(=O)[C@H](Cc1ccccc1)NS(=O)(=O)N1CCOCC1)C(=O)OC(C)C. The first kappa shape index (κ1) is 38.8. The van der Waals surface area contributed by atoms with Crippen molar-refractivity contribution < 1.29 is 42.5 Å². The van der Waals surface area contributed by atoms with Crippen LogP contribution in [0.3, 0.4) is 0 Å². The van der Waals surface area contributed by atoms with Crippen molar-refractivity contribution in [3.63, 3.8) is 0 Å². The number of aliphatic hydroxyl groups excluding tert-OH is 2. The van der Waals surface area contributed by atoms with Crippen LogP contribution in [0.1, 0.15) is 78.2 Å². The van der Waals surface area contributed by atoms with Gasteiger partial charge in [0.2, 0.25) is 11.9 Å². The summed E-state index contributed by atoms with van der Waals surface area (Å²) in [6, 6.07) is 4.63. The fraction of sp³-hybridized carbons (Fsp3) is 0.727. The molecule has 47 heavy (non-hydrogen) atoms. The quantitative estimate of drug-likeness (QED) is 0.120. The van der Waals surface area contributed by atoms with Gasteiger partial charge in [-0.05, 0) is 50.5 Å². The average molecular weight is 683 g/mol. The molecule has 5 N–H and O–H groups in total. The second-order valence-corrected chi connectivity index (χ2v) is 15.0. The molecule has 2 amide bonds. The van der Waals surface area contributed by atoms with Crippen LogP contribution in [0, 0.1) is 11.8 Å². The molecule has 1 aromatic carbocycles. The molecule has 14 heteroatoms. The Hall–Kier alpha value is -2.62. The molecule has 1 aromatic rings. The number of amides is 2. The lowest BCUT2D eigenvalue weighted by Crippen LogP contribution is -2.61. The largest absolute Gasteiger partial charge is 0.461 e. The van der Waals surface area contributed by atoms with Crippen LogP contribution in [0.15, 0.2) is 30.3 Å². The maximum Gasteiger partial charge on any atom is 0.338 e. The van der Waals surface area contributed by atoms with Crippen molar-refractivity contribution in [3.05, 3.63) is 35.9 Å². The van der Waals surface area contributed by atoms with Crippen LogP contribution in [0.2, 0.25) is 0 Å². The number of aliphatic hydroxyl groups is 2. The summed E-state index contributed by atoms with van der Waals surface area (Å²) < 4.78 is 40.8. The van der Waals surface area contributed by atoms with E-state index in [4.69, 9.17) is 9.47 Å². The fourth-order valence-electron chi connectivity index (χ4n) is 6.08. The Bertz CT molecular complexity index is 1240. The van der Waals surface area contributed by atoms with Gasteiger partial charge in [-0.1, -0.05) is 76.3 Å². The van der Waals surface area contributed by atoms with Crippen molar-refractivity contribution in [2.24, 2.45) is 11.8 Å². The zero-order chi connectivity index (χ0) is 34.6. The van der Waals surface area contributed by atoms with Gasteiger partial charge in [0.15, 0.2) is 0 Å². The van der Waals surface area contributed by atoms with E-state index < -0.39 is 64.4 Å². The Kier molecular flexibility index (Phi) is 15.5. The van der Waals surface area contributed by atoms with Gasteiger partial charge in [0, 0.05) is 13.1 Å². The molecule has 1 aliphatic heterocycles. The van der Waals surface area contributed by atoms with Gasteiger partial charge >= 0.3 is 5.97 Å². The monoisotopic (exact) mass is 682 g/mol. The molecule has 1 aliphatic carbocycles. The number of nitrogens with one attached hydrogen (secondary N) is 3. The number of hydrogen-bond donors (Lipinski definition) is 5. The third-order valence-electron chi connectivity index (χ3n) is 8.50. The molecular weight excluding hydrogens is 628 g/mol. The van der Waals surface area contributed by atoms with Gasteiger partial charge in [0.1, 0.15) is 12.1 Å². The molecule has 5 atom stereocenters. The molecule has 1 saturated carbocycles. The highest BCUT2D eigenvalue weighted by Gasteiger charge is 2.39. The van der Waals surface area contributed by atoms with Crippen molar-refractivity contribution in [1.29, 1.82) is 0 Å². The molecule has 0 spiro atoms. The number of carbonyl (C=O) groups excluding carboxylic acids is 3. The van der Waals surface area contributed by atoms with E-state index in [0.29, 0.717) is 18.4 Å². The van der Waals surface area contributed by atoms with Crippen molar-refractivity contribution >= 4 is 28.0 Å². The number of carbonyl (C=O) groups is 3. The molecule has 1 unspecified atom stereocenters. The predicted molar refractivity (Wildman–Crippen MR) is 176 cm³/mol. The summed E-state index contributed by atoms with van der Waals surface area (Å²) in [5.74, 6) is -2.57.